The molecule has 0 aliphatic heterocycles. The number of rotatable bonds is 6. The second kappa shape index (κ2) is 8.54. The minimum absolute atomic E-state index is 0.00455. The first-order valence-electron chi connectivity index (χ1n) is 8.23. The van der Waals surface area contributed by atoms with Crippen molar-refractivity contribution in [3.05, 3.63) is 77.7 Å². The predicted octanol–water partition coefficient (Wildman–Crippen LogP) is 3.01. The number of anilines is 1. The van der Waals surface area contributed by atoms with Crippen LogP contribution in [0.2, 0.25) is 0 Å². The largest absolute Gasteiger partial charge is 0.504 e. The van der Waals surface area contributed by atoms with Crippen molar-refractivity contribution >= 4 is 23.7 Å². The number of furan rings is 1. The Labute approximate surface area is 160 Å². The fraction of sp³-hybridized carbons (Fsp3) is 0.0500. The molecule has 0 saturated carbocycles. The van der Waals surface area contributed by atoms with Crippen molar-refractivity contribution in [2.45, 2.75) is 0 Å². The molecule has 0 bridgehead atoms. The smallest absolute Gasteiger partial charge is 0.291 e. The number of hydrogen-bond donors (Lipinski definition) is 3. The van der Waals surface area contributed by atoms with Crippen LogP contribution in [0.15, 0.2) is 70.4 Å². The number of nitrogens with zero attached hydrogens (tertiary/aromatic N) is 1. The Morgan fingerprint density at radius 2 is 1.93 bits per heavy atom. The zero-order valence-corrected chi connectivity index (χ0v) is 14.9. The molecule has 1 aromatic heterocycles. The highest BCUT2D eigenvalue weighted by Crippen LogP contribution is 2.25. The average molecular weight is 379 g/mol. The lowest BCUT2D eigenvalue weighted by molar-refractivity contribution is 0.0956. The second-order valence-electron chi connectivity index (χ2n) is 5.61. The number of phenols is 1. The van der Waals surface area contributed by atoms with Crippen LogP contribution in [0, 0.1) is 0 Å². The van der Waals surface area contributed by atoms with Gasteiger partial charge >= 0.3 is 0 Å². The topological polar surface area (TPSA) is 113 Å². The van der Waals surface area contributed by atoms with Gasteiger partial charge in [0.2, 0.25) is 0 Å². The molecule has 0 spiro atoms. The maximum atomic E-state index is 12.4. The Bertz CT molecular complexity index is 1010. The molecule has 3 aromatic rings. The van der Waals surface area contributed by atoms with E-state index in [-0.39, 0.29) is 17.1 Å². The standard InChI is InChI=1S/C20H17N3O5/c1-27-18-11-13(8-9-16(18)24)12-21-23-19(25)14-5-2-3-6-15(14)22-20(26)17-7-4-10-28-17/h2-12,24H,1H3,(H,22,26)(H,23,25)/b21-12-. The van der Waals surface area contributed by atoms with Gasteiger partial charge in [-0.1, -0.05) is 12.1 Å². The van der Waals surface area contributed by atoms with Gasteiger partial charge in [-0.15, -0.1) is 0 Å². The number of carbonyl (C=O) groups excluding carboxylic acids is 2. The predicted molar refractivity (Wildman–Crippen MR) is 103 cm³/mol. The summed E-state index contributed by atoms with van der Waals surface area (Å²) in [6.07, 6.45) is 2.80. The number of benzene rings is 2. The van der Waals surface area contributed by atoms with E-state index < -0.39 is 11.8 Å². The van der Waals surface area contributed by atoms with Gasteiger partial charge in [-0.3, -0.25) is 9.59 Å². The summed E-state index contributed by atoms with van der Waals surface area (Å²) >= 11 is 0. The monoisotopic (exact) mass is 379 g/mol. The number of nitrogens with one attached hydrogen (secondary N) is 2. The van der Waals surface area contributed by atoms with Gasteiger partial charge < -0.3 is 19.6 Å². The van der Waals surface area contributed by atoms with Gasteiger partial charge in [0.25, 0.3) is 11.8 Å². The molecule has 8 heteroatoms. The van der Waals surface area contributed by atoms with Gasteiger partial charge in [-0.05, 0) is 48.0 Å². The normalized spacial score (nSPS) is 10.6. The van der Waals surface area contributed by atoms with Crippen LogP contribution >= 0.6 is 0 Å². The van der Waals surface area contributed by atoms with Gasteiger partial charge in [0.1, 0.15) is 0 Å². The van der Waals surface area contributed by atoms with Crippen LogP contribution in [-0.2, 0) is 0 Å². The molecular formula is C20H17N3O5. The molecule has 28 heavy (non-hydrogen) atoms. The van der Waals surface area contributed by atoms with Gasteiger partial charge in [-0.25, -0.2) is 5.43 Å². The van der Waals surface area contributed by atoms with Crippen LogP contribution in [-0.4, -0.2) is 30.2 Å². The van der Waals surface area contributed by atoms with Crippen molar-refractivity contribution in [1.82, 2.24) is 5.43 Å². The van der Waals surface area contributed by atoms with E-state index in [1.165, 1.54) is 31.7 Å². The Kier molecular flexibility index (Phi) is 5.71. The second-order valence-corrected chi connectivity index (χ2v) is 5.61. The number of hydrogen-bond acceptors (Lipinski definition) is 6. The molecule has 0 atom stereocenters. The lowest BCUT2D eigenvalue weighted by Crippen LogP contribution is -2.21. The summed E-state index contributed by atoms with van der Waals surface area (Å²) < 4.78 is 10.1. The van der Waals surface area contributed by atoms with E-state index in [9.17, 15) is 14.7 Å². The molecule has 3 rings (SSSR count). The molecule has 1 heterocycles. The Morgan fingerprint density at radius 1 is 1.11 bits per heavy atom. The molecule has 0 aliphatic carbocycles. The summed E-state index contributed by atoms with van der Waals surface area (Å²) in [7, 11) is 1.44. The summed E-state index contributed by atoms with van der Waals surface area (Å²) in [5.41, 5.74) is 3.58. The number of para-hydroxylation sites is 1. The van der Waals surface area contributed by atoms with E-state index in [0.29, 0.717) is 17.0 Å². The summed E-state index contributed by atoms with van der Waals surface area (Å²) in [5, 5.41) is 16.1. The number of carbonyl (C=O) groups is 2. The van der Waals surface area contributed by atoms with Gasteiger partial charge in [0.15, 0.2) is 17.3 Å². The molecular weight excluding hydrogens is 362 g/mol. The molecule has 3 N–H and O–H groups in total. The molecule has 0 radical (unpaired) electrons. The van der Waals surface area contributed by atoms with E-state index in [1.807, 2.05) is 0 Å². The van der Waals surface area contributed by atoms with Crippen molar-refractivity contribution in [1.29, 1.82) is 0 Å². The number of methoxy groups -OCH3 is 1. The maximum absolute atomic E-state index is 12.4. The number of aromatic hydroxyl groups is 1. The summed E-state index contributed by atoms with van der Waals surface area (Å²) in [6.45, 7) is 0. The third-order valence-corrected chi connectivity index (χ3v) is 3.75. The zero-order chi connectivity index (χ0) is 19.9. The first-order chi connectivity index (χ1) is 13.6. The molecule has 0 aliphatic rings. The van der Waals surface area contributed by atoms with Crippen molar-refractivity contribution < 1.29 is 23.8 Å². The maximum Gasteiger partial charge on any atom is 0.291 e. The molecule has 0 fully saturated rings. The van der Waals surface area contributed by atoms with E-state index in [1.54, 1.807) is 42.5 Å². The number of amides is 2. The van der Waals surface area contributed by atoms with E-state index in [0.717, 1.165) is 0 Å². The van der Waals surface area contributed by atoms with Gasteiger partial charge in [-0.2, -0.15) is 5.10 Å². The summed E-state index contributed by atoms with van der Waals surface area (Å²) in [6, 6.07) is 14.3. The Morgan fingerprint density at radius 3 is 2.68 bits per heavy atom. The minimum Gasteiger partial charge on any atom is -0.504 e. The van der Waals surface area contributed by atoms with Crippen LogP contribution < -0.4 is 15.5 Å². The van der Waals surface area contributed by atoms with Crippen molar-refractivity contribution in [2.24, 2.45) is 5.10 Å². The molecule has 0 unspecified atom stereocenters. The molecule has 8 nitrogen and oxygen atoms in total. The van der Waals surface area contributed by atoms with Crippen LogP contribution in [0.3, 0.4) is 0 Å². The summed E-state index contributed by atoms with van der Waals surface area (Å²) in [5.74, 6) is -0.539. The molecule has 0 saturated heterocycles. The lowest BCUT2D eigenvalue weighted by atomic mass is 10.1. The Balaban J connectivity index is 1.70. The first-order valence-corrected chi connectivity index (χ1v) is 8.23. The highest BCUT2D eigenvalue weighted by Gasteiger charge is 2.15. The van der Waals surface area contributed by atoms with Crippen LogP contribution in [0.4, 0.5) is 5.69 Å². The minimum atomic E-state index is -0.502. The fourth-order valence-electron chi connectivity index (χ4n) is 2.38. The van der Waals surface area contributed by atoms with E-state index in [4.69, 9.17) is 9.15 Å². The van der Waals surface area contributed by atoms with Crippen molar-refractivity contribution in [3.8, 4) is 11.5 Å². The van der Waals surface area contributed by atoms with Crippen molar-refractivity contribution in [2.75, 3.05) is 12.4 Å². The molecule has 142 valence electrons. The first kappa shape index (κ1) is 18.7. The fourth-order valence-corrected chi connectivity index (χ4v) is 2.38. The highest BCUT2D eigenvalue weighted by molar-refractivity contribution is 6.07. The third kappa shape index (κ3) is 4.36. The third-order valence-electron chi connectivity index (χ3n) is 3.75. The quantitative estimate of drug-likeness (QED) is 0.450. The number of phenolic OH excluding ortho intramolecular Hbond substituents is 1. The van der Waals surface area contributed by atoms with Gasteiger partial charge in [0.05, 0.1) is 30.8 Å². The molecule has 2 amide bonds. The van der Waals surface area contributed by atoms with Crippen LogP contribution in [0.1, 0.15) is 26.5 Å². The van der Waals surface area contributed by atoms with E-state index in [2.05, 4.69) is 15.8 Å². The van der Waals surface area contributed by atoms with Gasteiger partial charge in [0, 0.05) is 0 Å². The lowest BCUT2D eigenvalue weighted by Gasteiger charge is -2.09. The number of hydrazone groups is 1. The Hall–Kier alpha value is -4.07. The summed E-state index contributed by atoms with van der Waals surface area (Å²) in [4.78, 5) is 24.6. The highest BCUT2D eigenvalue weighted by atomic mass is 16.5. The SMILES string of the molecule is COc1cc(/C=N\NC(=O)c2ccccc2NC(=O)c2ccco2)ccc1O. The van der Waals surface area contributed by atoms with Crippen LogP contribution in [0.5, 0.6) is 11.5 Å². The number of ether oxygens (including phenoxy) is 1. The molecule has 2 aromatic carbocycles. The van der Waals surface area contributed by atoms with E-state index >= 15 is 0 Å². The zero-order valence-electron chi connectivity index (χ0n) is 14.9. The van der Waals surface area contributed by atoms with Crippen molar-refractivity contribution in [3.63, 3.8) is 0 Å². The average Bonchev–Trinajstić information content (AvgIpc) is 3.24. The van der Waals surface area contributed by atoms with Crippen LogP contribution in [0.25, 0.3) is 0 Å².